The summed E-state index contributed by atoms with van der Waals surface area (Å²) in [6.07, 6.45) is 1.26. The minimum absolute atomic E-state index is 0.0269. The van der Waals surface area contributed by atoms with Crippen molar-refractivity contribution < 1.29 is 23.1 Å². The van der Waals surface area contributed by atoms with Crippen LogP contribution in [0.15, 0.2) is 88.7 Å². The molecule has 0 aliphatic carbocycles. The summed E-state index contributed by atoms with van der Waals surface area (Å²) in [4.78, 5) is 29.3. The molecule has 0 saturated heterocycles. The Bertz CT molecular complexity index is 1870. The van der Waals surface area contributed by atoms with Crippen molar-refractivity contribution in [3.05, 3.63) is 105 Å². The van der Waals surface area contributed by atoms with Crippen molar-refractivity contribution in [1.29, 1.82) is 0 Å². The van der Waals surface area contributed by atoms with Crippen LogP contribution >= 0.6 is 22.9 Å². The first-order valence-electron chi connectivity index (χ1n) is 11.4. The molecule has 0 aliphatic rings. The van der Waals surface area contributed by atoms with Gasteiger partial charge in [-0.25, -0.2) is 18.2 Å². The number of thiazole rings is 1. The van der Waals surface area contributed by atoms with E-state index < -0.39 is 27.0 Å². The lowest BCUT2D eigenvalue weighted by Gasteiger charge is -2.13. The number of sulfonamides is 1. The number of carbonyl (C=O) groups is 1. The van der Waals surface area contributed by atoms with Crippen LogP contribution in [0.4, 0.5) is 5.13 Å². The summed E-state index contributed by atoms with van der Waals surface area (Å²) in [5.74, 6) is -0.916. The zero-order chi connectivity index (χ0) is 27.7. The van der Waals surface area contributed by atoms with Gasteiger partial charge in [-0.15, -0.1) is 0 Å². The van der Waals surface area contributed by atoms with Crippen LogP contribution in [0.1, 0.15) is 15.9 Å². The highest BCUT2D eigenvalue weighted by molar-refractivity contribution is 7.93. The van der Waals surface area contributed by atoms with Crippen molar-refractivity contribution in [3.63, 3.8) is 0 Å². The molecule has 3 aromatic carbocycles. The molecule has 0 bridgehead atoms. The number of nitrogens with zero attached hydrogens (tertiary/aromatic N) is 2. The van der Waals surface area contributed by atoms with Crippen LogP contribution in [0.2, 0.25) is 5.02 Å². The molecule has 9 nitrogen and oxygen atoms in total. The fourth-order valence-corrected chi connectivity index (χ4v) is 6.35. The van der Waals surface area contributed by atoms with Crippen LogP contribution in [0, 0.1) is 0 Å². The summed E-state index contributed by atoms with van der Waals surface area (Å²) < 4.78 is 35.0. The molecule has 0 saturated carbocycles. The second-order valence-corrected chi connectivity index (χ2v) is 11.5. The number of methoxy groups -OCH3 is 1. The van der Waals surface area contributed by atoms with Gasteiger partial charge in [0.05, 0.1) is 12.0 Å². The third-order valence-electron chi connectivity index (χ3n) is 5.95. The predicted molar refractivity (Wildman–Crippen MR) is 151 cm³/mol. The Labute approximate surface area is 232 Å². The van der Waals surface area contributed by atoms with Gasteiger partial charge in [-0.2, -0.15) is 0 Å². The first kappa shape index (κ1) is 26.4. The topological polar surface area (TPSA) is 128 Å². The summed E-state index contributed by atoms with van der Waals surface area (Å²) in [5, 5.41) is 10.2. The van der Waals surface area contributed by atoms with Gasteiger partial charge in [0.15, 0.2) is 5.13 Å². The first-order chi connectivity index (χ1) is 18.7. The Balaban J connectivity index is 1.58. The Hall–Kier alpha value is -4.19. The van der Waals surface area contributed by atoms with Crippen molar-refractivity contribution in [2.45, 2.75) is 11.4 Å². The molecule has 5 rings (SSSR count). The minimum atomic E-state index is -4.04. The first-order valence-corrected chi connectivity index (χ1v) is 14.1. The number of benzene rings is 3. The second kappa shape index (κ2) is 10.5. The Morgan fingerprint density at radius 3 is 2.44 bits per heavy atom. The number of aromatic carboxylic acids is 1. The highest BCUT2D eigenvalue weighted by atomic mass is 35.5. The molecule has 0 spiro atoms. The Kier molecular flexibility index (Phi) is 7.13. The van der Waals surface area contributed by atoms with Crippen molar-refractivity contribution in [1.82, 2.24) is 9.55 Å². The fraction of sp³-hybridized carbons (Fsp3) is 0.0741. The summed E-state index contributed by atoms with van der Waals surface area (Å²) in [6, 6.07) is 20.6. The zero-order valence-corrected chi connectivity index (χ0v) is 22.7. The van der Waals surface area contributed by atoms with E-state index in [0.29, 0.717) is 15.6 Å². The number of nitrogens with one attached hydrogen (secondary N) is 1. The normalized spacial score (nSPS) is 11.4. The van der Waals surface area contributed by atoms with E-state index in [1.807, 2.05) is 36.4 Å². The third-order valence-corrected chi connectivity index (χ3v) is 8.69. The van der Waals surface area contributed by atoms with Gasteiger partial charge in [0.2, 0.25) is 5.43 Å². The summed E-state index contributed by atoms with van der Waals surface area (Å²) in [5.41, 5.74) is 1.23. The van der Waals surface area contributed by atoms with Gasteiger partial charge in [0.25, 0.3) is 10.0 Å². The SMILES string of the molecule is COc1ccc(S(=O)(=O)Nc2nc3c(=O)c(C(=O)O)cn(Cc4ccccc4-c4ccc(Cl)cc4)c3s2)cc1. The van der Waals surface area contributed by atoms with Crippen molar-refractivity contribution in [2.24, 2.45) is 0 Å². The average molecular weight is 582 g/mol. The molecule has 198 valence electrons. The van der Waals surface area contributed by atoms with Crippen LogP contribution in [-0.4, -0.2) is 36.2 Å². The number of fused-ring (bicyclic) bond motifs is 1. The number of anilines is 1. The second-order valence-electron chi connectivity index (χ2n) is 8.42. The van der Waals surface area contributed by atoms with E-state index in [4.69, 9.17) is 16.3 Å². The largest absolute Gasteiger partial charge is 0.497 e. The van der Waals surface area contributed by atoms with Gasteiger partial charge in [-0.3, -0.25) is 9.52 Å². The Morgan fingerprint density at radius 1 is 1.08 bits per heavy atom. The number of hydrogen-bond donors (Lipinski definition) is 2. The lowest BCUT2D eigenvalue weighted by molar-refractivity contribution is 0.0694. The van der Waals surface area contributed by atoms with E-state index in [9.17, 15) is 23.1 Å². The number of pyridine rings is 1. The van der Waals surface area contributed by atoms with E-state index >= 15 is 0 Å². The molecule has 0 radical (unpaired) electrons. The lowest BCUT2D eigenvalue weighted by atomic mass is 9.99. The highest BCUT2D eigenvalue weighted by Gasteiger charge is 2.22. The van der Waals surface area contributed by atoms with Gasteiger partial charge in [0.1, 0.15) is 21.7 Å². The summed E-state index contributed by atoms with van der Waals surface area (Å²) in [7, 11) is -2.57. The van der Waals surface area contributed by atoms with Gasteiger partial charge in [0, 0.05) is 17.8 Å². The van der Waals surface area contributed by atoms with E-state index in [1.54, 1.807) is 16.7 Å². The molecular formula is C27H20ClN3O6S2. The monoisotopic (exact) mass is 581 g/mol. The molecular weight excluding hydrogens is 562 g/mol. The molecule has 0 amide bonds. The maximum Gasteiger partial charge on any atom is 0.341 e. The van der Waals surface area contributed by atoms with Crippen LogP contribution < -0.4 is 14.9 Å². The van der Waals surface area contributed by atoms with Crippen LogP contribution in [0.25, 0.3) is 21.5 Å². The number of ether oxygens (including phenoxy) is 1. The zero-order valence-electron chi connectivity index (χ0n) is 20.3. The molecule has 0 atom stereocenters. The van der Waals surface area contributed by atoms with E-state index in [2.05, 4.69) is 9.71 Å². The smallest absolute Gasteiger partial charge is 0.341 e. The van der Waals surface area contributed by atoms with Crippen LogP contribution in [0.3, 0.4) is 0 Å². The van der Waals surface area contributed by atoms with E-state index in [-0.39, 0.29) is 22.1 Å². The molecule has 2 heterocycles. The van der Waals surface area contributed by atoms with Crippen molar-refractivity contribution in [2.75, 3.05) is 11.8 Å². The van der Waals surface area contributed by atoms with Crippen molar-refractivity contribution in [3.8, 4) is 16.9 Å². The maximum absolute atomic E-state index is 13.0. The standard InChI is InChI=1S/C27H20ClN3O6S2/c1-37-19-10-12-20(13-11-19)39(35,36)30-27-29-23-24(32)22(26(33)34)15-31(25(23)38-27)14-17-4-2-3-5-21(17)16-6-8-18(28)9-7-16/h2-13,15H,14H2,1H3,(H,29,30)(H,33,34). The summed E-state index contributed by atoms with van der Waals surface area (Å²) in [6.45, 7) is 0.197. The summed E-state index contributed by atoms with van der Waals surface area (Å²) >= 11 is 6.98. The van der Waals surface area contributed by atoms with E-state index in [1.165, 1.54) is 37.6 Å². The van der Waals surface area contributed by atoms with Crippen LogP contribution in [0.5, 0.6) is 5.75 Å². The number of carboxylic acids is 1. The molecule has 0 unspecified atom stereocenters. The molecule has 5 aromatic rings. The molecule has 12 heteroatoms. The van der Waals surface area contributed by atoms with E-state index in [0.717, 1.165) is 28.0 Å². The minimum Gasteiger partial charge on any atom is -0.497 e. The number of halogens is 1. The molecule has 2 aromatic heterocycles. The van der Waals surface area contributed by atoms with Gasteiger partial charge < -0.3 is 14.4 Å². The predicted octanol–water partition coefficient (Wildman–Crippen LogP) is 5.33. The number of carboxylic acid groups (broad SMARTS) is 1. The lowest BCUT2D eigenvalue weighted by Crippen LogP contribution is -2.19. The van der Waals surface area contributed by atoms with Crippen LogP contribution in [-0.2, 0) is 16.6 Å². The maximum atomic E-state index is 13.0. The number of hydrogen-bond acceptors (Lipinski definition) is 7. The highest BCUT2D eigenvalue weighted by Crippen LogP contribution is 2.30. The fourth-order valence-electron chi connectivity index (χ4n) is 4.05. The molecule has 0 aliphatic heterocycles. The number of aromatic nitrogens is 2. The van der Waals surface area contributed by atoms with Gasteiger partial charge in [-0.1, -0.05) is 59.3 Å². The van der Waals surface area contributed by atoms with Gasteiger partial charge in [-0.05, 0) is 53.1 Å². The van der Waals surface area contributed by atoms with Crippen molar-refractivity contribution >= 4 is 54.4 Å². The number of rotatable bonds is 8. The van der Waals surface area contributed by atoms with Gasteiger partial charge >= 0.3 is 5.97 Å². The molecule has 2 N–H and O–H groups in total. The third kappa shape index (κ3) is 5.37. The Morgan fingerprint density at radius 2 is 1.77 bits per heavy atom. The molecule has 0 fully saturated rings. The quantitative estimate of drug-likeness (QED) is 0.253. The molecule has 39 heavy (non-hydrogen) atoms. The average Bonchev–Trinajstić information content (AvgIpc) is 3.35.